The Morgan fingerprint density at radius 2 is 2.04 bits per heavy atom. The highest BCUT2D eigenvalue weighted by Crippen LogP contribution is 2.37. The molecule has 0 aliphatic carbocycles. The van der Waals surface area contributed by atoms with Gasteiger partial charge in [-0.05, 0) is 23.6 Å². The predicted octanol–water partition coefficient (Wildman–Crippen LogP) is 3.84. The van der Waals surface area contributed by atoms with Gasteiger partial charge in [0.2, 0.25) is 0 Å². The lowest BCUT2D eigenvalue weighted by atomic mass is 9.98. The van der Waals surface area contributed by atoms with Crippen molar-refractivity contribution < 1.29 is 9.90 Å². The van der Waals surface area contributed by atoms with Gasteiger partial charge in [0.05, 0.1) is 16.6 Å². The number of thiophene rings is 1. The van der Waals surface area contributed by atoms with E-state index in [-0.39, 0.29) is 17.7 Å². The molecule has 1 aromatic carbocycles. The Morgan fingerprint density at radius 3 is 2.76 bits per heavy atom. The average molecular weight is 349 g/mol. The SMILES string of the molecule is O=C(c1cccs1)N1N=C(c2cccnc2)C[C@@H]1c1ccccc1O. The van der Waals surface area contributed by atoms with E-state index in [2.05, 4.69) is 10.1 Å². The van der Waals surface area contributed by atoms with E-state index in [0.29, 0.717) is 16.9 Å². The van der Waals surface area contributed by atoms with Crippen molar-refractivity contribution in [2.75, 3.05) is 0 Å². The Hall–Kier alpha value is -2.99. The Balaban J connectivity index is 1.75. The fourth-order valence-corrected chi connectivity index (χ4v) is 3.59. The fraction of sp³-hybridized carbons (Fsp3) is 0.105. The summed E-state index contributed by atoms with van der Waals surface area (Å²) in [4.78, 5) is 17.7. The van der Waals surface area contributed by atoms with Crippen LogP contribution in [-0.4, -0.2) is 26.7 Å². The standard InChI is InChI=1S/C19H15N3O2S/c23-17-7-2-1-6-14(17)16-11-15(13-5-3-9-20-12-13)21-22(16)19(24)18-8-4-10-25-18/h1-10,12,16,23H,11H2/t16-/m1/s1. The van der Waals surface area contributed by atoms with Crippen molar-refractivity contribution in [2.45, 2.75) is 12.5 Å². The summed E-state index contributed by atoms with van der Waals surface area (Å²) in [6, 6.07) is 14.1. The highest BCUT2D eigenvalue weighted by atomic mass is 32.1. The van der Waals surface area contributed by atoms with Crippen molar-refractivity contribution in [1.82, 2.24) is 9.99 Å². The Bertz CT molecular complexity index is 923. The number of aromatic hydroxyl groups is 1. The van der Waals surface area contributed by atoms with Crippen LogP contribution in [0.15, 0.2) is 71.4 Å². The molecule has 5 nitrogen and oxygen atoms in total. The number of phenols is 1. The number of hydrogen-bond acceptors (Lipinski definition) is 5. The Kier molecular flexibility index (Phi) is 4.03. The quantitative estimate of drug-likeness (QED) is 0.781. The van der Waals surface area contributed by atoms with Gasteiger partial charge < -0.3 is 5.11 Å². The van der Waals surface area contributed by atoms with Gasteiger partial charge in [0, 0.05) is 29.9 Å². The molecular weight excluding hydrogens is 334 g/mol. The summed E-state index contributed by atoms with van der Waals surface area (Å²) < 4.78 is 0. The lowest BCUT2D eigenvalue weighted by Crippen LogP contribution is -2.26. The van der Waals surface area contributed by atoms with Gasteiger partial charge in [0.25, 0.3) is 5.91 Å². The van der Waals surface area contributed by atoms with Gasteiger partial charge in [0.15, 0.2) is 0 Å². The predicted molar refractivity (Wildman–Crippen MR) is 96.7 cm³/mol. The third kappa shape index (κ3) is 2.92. The summed E-state index contributed by atoms with van der Waals surface area (Å²) >= 11 is 1.38. The highest BCUT2D eigenvalue weighted by Gasteiger charge is 2.35. The molecule has 4 rings (SSSR count). The van der Waals surface area contributed by atoms with E-state index in [1.807, 2.05) is 35.7 Å². The summed E-state index contributed by atoms with van der Waals surface area (Å²) in [5.41, 5.74) is 2.35. The van der Waals surface area contributed by atoms with Crippen molar-refractivity contribution >= 4 is 23.0 Å². The number of carbonyl (C=O) groups excluding carboxylic acids is 1. The van der Waals surface area contributed by atoms with Gasteiger partial charge in [-0.1, -0.05) is 30.3 Å². The number of hydrazone groups is 1. The summed E-state index contributed by atoms with van der Waals surface area (Å²) in [7, 11) is 0. The number of phenolic OH excluding ortho intramolecular Hbond substituents is 1. The lowest BCUT2D eigenvalue weighted by Gasteiger charge is -2.22. The number of aromatic nitrogens is 1. The lowest BCUT2D eigenvalue weighted by molar-refractivity contribution is 0.0714. The zero-order valence-electron chi connectivity index (χ0n) is 13.2. The number of amides is 1. The maximum absolute atomic E-state index is 12.9. The molecule has 1 amide bonds. The summed E-state index contributed by atoms with van der Waals surface area (Å²) in [5, 5.41) is 18.2. The maximum Gasteiger partial charge on any atom is 0.284 e. The molecule has 0 spiro atoms. The van der Waals surface area contributed by atoms with Crippen LogP contribution in [-0.2, 0) is 0 Å². The molecule has 1 N–H and O–H groups in total. The molecule has 0 saturated carbocycles. The van der Waals surface area contributed by atoms with Crippen LogP contribution in [0.5, 0.6) is 5.75 Å². The molecule has 0 unspecified atom stereocenters. The van der Waals surface area contributed by atoms with Crippen LogP contribution in [0.4, 0.5) is 0 Å². The minimum absolute atomic E-state index is 0.165. The van der Waals surface area contributed by atoms with Crippen molar-refractivity contribution in [3.8, 4) is 5.75 Å². The van der Waals surface area contributed by atoms with Crippen molar-refractivity contribution in [2.24, 2.45) is 5.10 Å². The average Bonchev–Trinajstić information content (AvgIpc) is 3.32. The van der Waals surface area contributed by atoms with Crippen LogP contribution in [0.3, 0.4) is 0 Å². The molecule has 6 heteroatoms. The second kappa shape index (κ2) is 6.49. The van der Waals surface area contributed by atoms with Crippen LogP contribution >= 0.6 is 11.3 Å². The number of hydrogen-bond donors (Lipinski definition) is 1. The molecule has 0 bridgehead atoms. The van der Waals surface area contributed by atoms with Gasteiger partial charge in [-0.2, -0.15) is 5.10 Å². The second-order valence-electron chi connectivity index (χ2n) is 5.69. The molecule has 3 heterocycles. The Morgan fingerprint density at radius 1 is 1.16 bits per heavy atom. The summed E-state index contributed by atoms with van der Waals surface area (Å²) in [5.74, 6) is 0.00117. The number of carbonyl (C=O) groups is 1. The van der Waals surface area contributed by atoms with Gasteiger partial charge >= 0.3 is 0 Å². The number of nitrogens with zero attached hydrogens (tertiary/aromatic N) is 3. The van der Waals surface area contributed by atoms with Crippen LogP contribution < -0.4 is 0 Å². The molecule has 1 aliphatic heterocycles. The molecule has 2 aromatic heterocycles. The van der Waals surface area contributed by atoms with Gasteiger partial charge in [-0.3, -0.25) is 9.78 Å². The van der Waals surface area contributed by atoms with E-state index in [4.69, 9.17) is 0 Å². The van der Waals surface area contributed by atoms with E-state index in [1.165, 1.54) is 16.3 Å². The molecule has 3 aromatic rings. The summed E-state index contributed by atoms with van der Waals surface area (Å²) in [6.07, 6.45) is 3.97. The minimum atomic E-state index is -0.342. The van der Waals surface area contributed by atoms with E-state index in [1.54, 1.807) is 30.6 Å². The first kappa shape index (κ1) is 15.5. The second-order valence-corrected chi connectivity index (χ2v) is 6.64. The van der Waals surface area contributed by atoms with Gasteiger partial charge in [0.1, 0.15) is 5.75 Å². The molecule has 124 valence electrons. The van der Waals surface area contributed by atoms with Crippen LogP contribution in [0.1, 0.15) is 33.3 Å². The molecule has 0 radical (unpaired) electrons. The molecule has 0 fully saturated rings. The highest BCUT2D eigenvalue weighted by molar-refractivity contribution is 7.12. The number of pyridine rings is 1. The van der Waals surface area contributed by atoms with Crippen molar-refractivity contribution in [1.29, 1.82) is 0 Å². The van der Waals surface area contributed by atoms with E-state index in [9.17, 15) is 9.90 Å². The largest absolute Gasteiger partial charge is 0.508 e. The number of benzene rings is 1. The smallest absolute Gasteiger partial charge is 0.284 e. The number of rotatable bonds is 3. The third-order valence-electron chi connectivity index (χ3n) is 4.14. The monoisotopic (exact) mass is 349 g/mol. The number of para-hydroxylation sites is 1. The third-order valence-corrected chi connectivity index (χ3v) is 5.00. The van der Waals surface area contributed by atoms with Crippen molar-refractivity contribution in [3.63, 3.8) is 0 Å². The van der Waals surface area contributed by atoms with Crippen LogP contribution in [0.2, 0.25) is 0 Å². The van der Waals surface area contributed by atoms with E-state index in [0.717, 1.165) is 11.3 Å². The first-order chi connectivity index (χ1) is 12.2. The van der Waals surface area contributed by atoms with Crippen LogP contribution in [0.25, 0.3) is 0 Å². The molecule has 1 aliphatic rings. The first-order valence-electron chi connectivity index (χ1n) is 7.87. The molecule has 0 saturated heterocycles. The van der Waals surface area contributed by atoms with Gasteiger partial charge in [-0.25, -0.2) is 5.01 Å². The maximum atomic E-state index is 12.9. The van der Waals surface area contributed by atoms with E-state index < -0.39 is 0 Å². The van der Waals surface area contributed by atoms with E-state index >= 15 is 0 Å². The minimum Gasteiger partial charge on any atom is -0.508 e. The normalized spacial score (nSPS) is 16.7. The molecule has 1 atom stereocenters. The van der Waals surface area contributed by atoms with Crippen molar-refractivity contribution in [3.05, 3.63) is 82.3 Å². The first-order valence-corrected chi connectivity index (χ1v) is 8.75. The summed E-state index contributed by atoms with van der Waals surface area (Å²) in [6.45, 7) is 0. The van der Waals surface area contributed by atoms with Gasteiger partial charge in [-0.15, -0.1) is 11.3 Å². The molecule has 25 heavy (non-hydrogen) atoms. The fourth-order valence-electron chi connectivity index (χ4n) is 2.93. The topological polar surface area (TPSA) is 65.8 Å². The zero-order valence-corrected chi connectivity index (χ0v) is 14.1. The molecular formula is C19H15N3O2S. The van der Waals surface area contributed by atoms with Crippen LogP contribution in [0, 0.1) is 0 Å². The zero-order chi connectivity index (χ0) is 17.2. The Labute approximate surface area is 148 Å².